The normalized spacial score (nSPS) is 12.5. The number of halogens is 1. The van der Waals surface area contributed by atoms with E-state index in [0.29, 0.717) is 12.1 Å². The number of nitrogens with one attached hydrogen (secondary N) is 3. The Hall–Kier alpha value is -3.67. The summed E-state index contributed by atoms with van der Waals surface area (Å²) in [6.45, 7) is 1.89. The van der Waals surface area contributed by atoms with Gasteiger partial charge in [-0.1, -0.05) is 66.7 Å². The number of anilines is 1. The van der Waals surface area contributed by atoms with Crippen LogP contribution in [0, 0.1) is 5.82 Å². The first-order valence-electron chi connectivity index (χ1n) is 9.73. The molecule has 0 radical (unpaired) electrons. The van der Waals surface area contributed by atoms with Gasteiger partial charge < -0.3 is 16.0 Å². The van der Waals surface area contributed by atoms with Gasteiger partial charge in [0.05, 0.1) is 6.04 Å². The van der Waals surface area contributed by atoms with Crippen LogP contribution < -0.4 is 16.0 Å². The van der Waals surface area contributed by atoms with Crippen molar-refractivity contribution in [3.05, 3.63) is 102 Å². The van der Waals surface area contributed by atoms with Crippen molar-refractivity contribution < 1.29 is 14.0 Å². The quantitative estimate of drug-likeness (QED) is 0.544. The van der Waals surface area contributed by atoms with Gasteiger partial charge in [0, 0.05) is 12.1 Å². The molecular weight excluding hydrogens is 381 g/mol. The van der Waals surface area contributed by atoms with Gasteiger partial charge in [-0.25, -0.2) is 9.18 Å². The predicted molar refractivity (Wildman–Crippen MR) is 115 cm³/mol. The molecule has 3 rings (SSSR count). The van der Waals surface area contributed by atoms with E-state index >= 15 is 0 Å². The van der Waals surface area contributed by atoms with Crippen LogP contribution in [0.4, 0.5) is 14.9 Å². The molecule has 0 spiro atoms. The standard InChI is InChI=1S/C24H24FN3O2/c1-17(19-11-6-3-7-12-19)26-23(29)22(15-18-9-4-2-5-10-18)28-24(30)27-21-14-8-13-20(25)16-21/h2-14,16-17,22H,15H2,1H3,(H,26,29)(H2,27,28,30). The van der Waals surface area contributed by atoms with Crippen LogP contribution in [0.3, 0.4) is 0 Å². The molecule has 154 valence electrons. The fourth-order valence-corrected chi connectivity index (χ4v) is 3.09. The van der Waals surface area contributed by atoms with E-state index in [0.717, 1.165) is 11.1 Å². The zero-order chi connectivity index (χ0) is 21.3. The van der Waals surface area contributed by atoms with E-state index < -0.39 is 17.9 Å². The second-order valence-corrected chi connectivity index (χ2v) is 6.99. The van der Waals surface area contributed by atoms with Gasteiger partial charge in [0.15, 0.2) is 0 Å². The molecule has 3 N–H and O–H groups in total. The van der Waals surface area contributed by atoms with Crippen LogP contribution >= 0.6 is 0 Å². The lowest BCUT2D eigenvalue weighted by molar-refractivity contribution is -0.123. The van der Waals surface area contributed by atoms with Gasteiger partial charge in [0.25, 0.3) is 0 Å². The Labute approximate surface area is 175 Å². The Balaban J connectivity index is 1.70. The maximum absolute atomic E-state index is 13.4. The fraction of sp³-hybridized carbons (Fsp3) is 0.167. The largest absolute Gasteiger partial charge is 0.348 e. The molecule has 0 bridgehead atoms. The molecule has 0 fully saturated rings. The molecule has 0 aliphatic heterocycles. The topological polar surface area (TPSA) is 70.2 Å². The van der Waals surface area contributed by atoms with Crippen LogP contribution in [-0.2, 0) is 11.2 Å². The van der Waals surface area contributed by atoms with Crippen molar-refractivity contribution in [1.82, 2.24) is 10.6 Å². The van der Waals surface area contributed by atoms with Gasteiger partial charge >= 0.3 is 6.03 Å². The number of carbonyl (C=O) groups is 2. The lowest BCUT2D eigenvalue weighted by atomic mass is 10.0. The van der Waals surface area contributed by atoms with Crippen LogP contribution in [0.15, 0.2) is 84.9 Å². The summed E-state index contributed by atoms with van der Waals surface area (Å²) in [4.78, 5) is 25.4. The first kappa shape index (κ1) is 21.0. The van der Waals surface area contributed by atoms with Gasteiger partial charge in [-0.15, -0.1) is 0 Å². The maximum atomic E-state index is 13.4. The molecule has 3 aromatic rings. The maximum Gasteiger partial charge on any atom is 0.319 e. The summed E-state index contributed by atoms with van der Waals surface area (Å²) in [5.74, 6) is -0.757. The highest BCUT2D eigenvalue weighted by Gasteiger charge is 2.23. The van der Waals surface area contributed by atoms with Gasteiger partial charge in [0.1, 0.15) is 11.9 Å². The summed E-state index contributed by atoms with van der Waals surface area (Å²) < 4.78 is 13.4. The van der Waals surface area contributed by atoms with Gasteiger partial charge in [-0.3, -0.25) is 4.79 Å². The summed E-state index contributed by atoms with van der Waals surface area (Å²) in [6.07, 6.45) is 0.324. The molecule has 2 atom stereocenters. The lowest BCUT2D eigenvalue weighted by Crippen LogP contribution is -2.49. The summed E-state index contributed by atoms with van der Waals surface area (Å²) in [7, 11) is 0. The fourth-order valence-electron chi connectivity index (χ4n) is 3.09. The Morgan fingerprint density at radius 2 is 1.53 bits per heavy atom. The summed E-state index contributed by atoms with van der Waals surface area (Å²) >= 11 is 0. The van der Waals surface area contributed by atoms with Crippen LogP contribution in [0.25, 0.3) is 0 Å². The number of hydrogen-bond acceptors (Lipinski definition) is 2. The second kappa shape index (κ2) is 10.2. The van der Waals surface area contributed by atoms with Crippen molar-refractivity contribution >= 4 is 17.6 Å². The molecule has 0 heterocycles. The van der Waals surface area contributed by atoms with Crippen molar-refractivity contribution in [3.63, 3.8) is 0 Å². The Morgan fingerprint density at radius 1 is 0.867 bits per heavy atom. The molecule has 3 amide bonds. The third-order valence-corrected chi connectivity index (χ3v) is 4.65. The highest BCUT2D eigenvalue weighted by Crippen LogP contribution is 2.13. The molecule has 0 saturated carbocycles. The molecular formula is C24H24FN3O2. The molecule has 0 saturated heterocycles. The zero-order valence-corrected chi connectivity index (χ0v) is 16.6. The van der Waals surface area contributed by atoms with E-state index in [4.69, 9.17) is 0 Å². The number of rotatable bonds is 7. The average Bonchev–Trinajstić information content (AvgIpc) is 2.74. The first-order chi connectivity index (χ1) is 14.5. The monoisotopic (exact) mass is 405 g/mol. The highest BCUT2D eigenvalue weighted by molar-refractivity contribution is 5.94. The van der Waals surface area contributed by atoms with Crippen molar-refractivity contribution in [3.8, 4) is 0 Å². The summed E-state index contributed by atoms with van der Waals surface area (Å²) in [5.41, 5.74) is 2.19. The number of hydrogen-bond donors (Lipinski definition) is 3. The van der Waals surface area contributed by atoms with Crippen molar-refractivity contribution in [1.29, 1.82) is 0 Å². The van der Waals surface area contributed by atoms with E-state index in [1.54, 1.807) is 6.07 Å². The highest BCUT2D eigenvalue weighted by atomic mass is 19.1. The Bertz CT molecular complexity index is 980. The number of amides is 3. The first-order valence-corrected chi connectivity index (χ1v) is 9.73. The van der Waals surface area contributed by atoms with Gasteiger partial charge in [-0.05, 0) is 36.2 Å². The molecule has 6 heteroatoms. The summed E-state index contributed by atoms with van der Waals surface area (Å²) in [5, 5.41) is 8.23. The van der Waals surface area contributed by atoms with E-state index in [-0.39, 0.29) is 11.9 Å². The van der Waals surface area contributed by atoms with Crippen molar-refractivity contribution in [2.45, 2.75) is 25.4 Å². The van der Waals surface area contributed by atoms with Crippen LogP contribution in [0.2, 0.25) is 0 Å². The zero-order valence-electron chi connectivity index (χ0n) is 16.6. The molecule has 2 unspecified atom stereocenters. The minimum absolute atomic E-state index is 0.218. The molecule has 30 heavy (non-hydrogen) atoms. The van der Waals surface area contributed by atoms with E-state index in [2.05, 4.69) is 16.0 Å². The van der Waals surface area contributed by atoms with Crippen molar-refractivity contribution in [2.75, 3.05) is 5.32 Å². The van der Waals surface area contributed by atoms with E-state index in [9.17, 15) is 14.0 Å². The molecule has 5 nitrogen and oxygen atoms in total. The minimum Gasteiger partial charge on any atom is -0.348 e. The lowest BCUT2D eigenvalue weighted by Gasteiger charge is -2.22. The molecule has 0 aliphatic rings. The van der Waals surface area contributed by atoms with Gasteiger partial charge in [0.2, 0.25) is 5.91 Å². The van der Waals surface area contributed by atoms with Crippen LogP contribution in [0.1, 0.15) is 24.1 Å². The summed E-state index contributed by atoms with van der Waals surface area (Å²) in [6, 6.07) is 23.0. The SMILES string of the molecule is CC(NC(=O)C(Cc1ccccc1)NC(=O)Nc1cccc(F)c1)c1ccccc1. The van der Waals surface area contributed by atoms with Gasteiger partial charge in [-0.2, -0.15) is 0 Å². The molecule has 0 aliphatic carbocycles. The Kier molecular flexibility index (Phi) is 7.16. The number of urea groups is 1. The number of carbonyl (C=O) groups excluding carboxylic acids is 2. The van der Waals surface area contributed by atoms with Crippen LogP contribution in [0.5, 0.6) is 0 Å². The van der Waals surface area contributed by atoms with Crippen LogP contribution in [-0.4, -0.2) is 18.0 Å². The smallest absolute Gasteiger partial charge is 0.319 e. The Morgan fingerprint density at radius 3 is 2.20 bits per heavy atom. The second-order valence-electron chi connectivity index (χ2n) is 6.99. The van der Waals surface area contributed by atoms with Crippen molar-refractivity contribution in [2.24, 2.45) is 0 Å². The third-order valence-electron chi connectivity index (χ3n) is 4.65. The molecule has 3 aromatic carbocycles. The number of benzene rings is 3. The third kappa shape index (κ3) is 6.17. The minimum atomic E-state index is -0.799. The average molecular weight is 405 g/mol. The molecule has 0 aromatic heterocycles. The van der Waals surface area contributed by atoms with E-state index in [1.165, 1.54) is 18.2 Å². The van der Waals surface area contributed by atoms with E-state index in [1.807, 2.05) is 67.6 Å². The predicted octanol–water partition coefficient (Wildman–Crippen LogP) is 4.44.